The number of carbonyl (C=O) groups excluding carboxylic acids is 1. The van der Waals surface area contributed by atoms with Gasteiger partial charge in [-0.05, 0) is 35.3 Å². The molecule has 1 fully saturated rings. The maximum Gasteiger partial charge on any atom is 0.244 e. The summed E-state index contributed by atoms with van der Waals surface area (Å²) < 4.78 is 0.790. The van der Waals surface area contributed by atoms with Crippen LogP contribution >= 0.6 is 15.9 Å². The van der Waals surface area contributed by atoms with Crippen LogP contribution < -0.4 is 16.4 Å². The standard InChI is InChI=1S/C10H14BrN5O/c11-7-4-14-9(15-5-7)16-10(8(12)17)2-1-3-13-6-10/h4-5,13H,1-3,6H2,(H2,12,17)(H,14,15,16). The van der Waals surface area contributed by atoms with E-state index in [1.807, 2.05) is 0 Å². The van der Waals surface area contributed by atoms with Crippen LogP contribution in [0.3, 0.4) is 0 Å². The molecule has 1 atom stereocenters. The first-order chi connectivity index (χ1) is 8.12. The van der Waals surface area contributed by atoms with Gasteiger partial charge in [0.25, 0.3) is 0 Å². The maximum absolute atomic E-state index is 11.6. The Morgan fingerprint density at radius 2 is 2.24 bits per heavy atom. The highest BCUT2D eigenvalue weighted by Crippen LogP contribution is 2.20. The van der Waals surface area contributed by atoms with E-state index in [-0.39, 0.29) is 5.91 Å². The zero-order chi connectivity index (χ0) is 12.3. The molecule has 6 nitrogen and oxygen atoms in total. The van der Waals surface area contributed by atoms with Crippen LogP contribution in [-0.4, -0.2) is 34.5 Å². The molecule has 1 amide bonds. The molecule has 1 aromatic heterocycles. The maximum atomic E-state index is 11.6. The molecule has 7 heteroatoms. The molecule has 2 heterocycles. The van der Waals surface area contributed by atoms with Gasteiger partial charge in [0.15, 0.2) is 0 Å². The van der Waals surface area contributed by atoms with E-state index >= 15 is 0 Å². The number of aromatic nitrogens is 2. The van der Waals surface area contributed by atoms with Crippen molar-refractivity contribution < 1.29 is 4.79 Å². The van der Waals surface area contributed by atoms with Crippen LogP contribution in [0.5, 0.6) is 0 Å². The average molecular weight is 300 g/mol. The summed E-state index contributed by atoms with van der Waals surface area (Å²) in [5.41, 5.74) is 4.69. The second-order valence-corrected chi connectivity index (χ2v) is 4.99. The van der Waals surface area contributed by atoms with Gasteiger partial charge in [-0.3, -0.25) is 4.79 Å². The predicted molar refractivity (Wildman–Crippen MR) is 67.4 cm³/mol. The number of primary amides is 1. The number of rotatable bonds is 3. The van der Waals surface area contributed by atoms with Crippen molar-refractivity contribution in [2.45, 2.75) is 18.4 Å². The van der Waals surface area contributed by atoms with Crippen molar-refractivity contribution in [1.82, 2.24) is 15.3 Å². The number of halogens is 1. The minimum Gasteiger partial charge on any atom is -0.368 e. The van der Waals surface area contributed by atoms with E-state index in [9.17, 15) is 4.79 Å². The topological polar surface area (TPSA) is 92.9 Å². The summed E-state index contributed by atoms with van der Waals surface area (Å²) in [5.74, 6) is 0.0342. The number of carbonyl (C=O) groups is 1. The fraction of sp³-hybridized carbons (Fsp3) is 0.500. The summed E-state index contributed by atoms with van der Waals surface area (Å²) in [6.07, 6.45) is 4.84. The highest BCUT2D eigenvalue weighted by molar-refractivity contribution is 9.10. The Balaban J connectivity index is 2.17. The van der Waals surface area contributed by atoms with Crippen molar-refractivity contribution in [2.24, 2.45) is 5.73 Å². The minimum absolute atomic E-state index is 0.379. The lowest BCUT2D eigenvalue weighted by atomic mass is 9.89. The largest absolute Gasteiger partial charge is 0.368 e. The average Bonchev–Trinajstić information content (AvgIpc) is 2.33. The van der Waals surface area contributed by atoms with Gasteiger partial charge in [0.2, 0.25) is 11.9 Å². The Morgan fingerprint density at radius 3 is 2.76 bits per heavy atom. The third-order valence-electron chi connectivity index (χ3n) is 2.83. The Morgan fingerprint density at radius 1 is 1.53 bits per heavy atom. The predicted octanol–water partition coefficient (Wildman–Crippen LogP) is 0.258. The van der Waals surface area contributed by atoms with E-state index in [1.165, 1.54) is 0 Å². The Bertz CT molecular complexity index is 402. The summed E-state index contributed by atoms with van der Waals surface area (Å²) >= 11 is 3.26. The van der Waals surface area contributed by atoms with Gasteiger partial charge in [-0.25, -0.2) is 9.97 Å². The summed E-state index contributed by atoms with van der Waals surface area (Å²) in [5, 5.41) is 6.20. The van der Waals surface area contributed by atoms with E-state index in [1.54, 1.807) is 12.4 Å². The molecule has 0 aromatic carbocycles. The fourth-order valence-corrected chi connectivity index (χ4v) is 2.08. The molecule has 0 bridgehead atoms. The van der Waals surface area contributed by atoms with Crippen molar-refractivity contribution in [3.8, 4) is 0 Å². The van der Waals surface area contributed by atoms with E-state index in [4.69, 9.17) is 5.73 Å². The van der Waals surface area contributed by atoms with Crippen molar-refractivity contribution in [3.63, 3.8) is 0 Å². The molecule has 1 aliphatic heterocycles. The quantitative estimate of drug-likeness (QED) is 0.744. The molecule has 1 saturated heterocycles. The van der Waals surface area contributed by atoms with Crippen molar-refractivity contribution in [1.29, 1.82) is 0 Å². The van der Waals surface area contributed by atoms with Crippen molar-refractivity contribution >= 4 is 27.8 Å². The zero-order valence-corrected chi connectivity index (χ0v) is 10.8. The highest BCUT2D eigenvalue weighted by atomic mass is 79.9. The molecule has 0 saturated carbocycles. The van der Waals surface area contributed by atoms with Crippen LogP contribution in [0.2, 0.25) is 0 Å². The van der Waals surface area contributed by atoms with Crippen molar-refractivity contribution in [2.75, 3.05) is 18.4 Å². The van der Waals surface area contributed by atoms with Gasteiger partial charge in [0, 0.05) is 18.9 Å². The highest BCUT2D eigenvalue weighted by Gasteiger charge is 2.38. The molecule has 1 aliphatic rings. The minimum atomic E-state index is -0.786. The van der Waals surface area contributed by atoms with Crippen LogP contribution in [-0.2, 0) is 4.79 Å². The van der Waals surface area contributed by atoms with E-state index in [2.05, 4.69) is 36.5 Å². The van der Waals surface area contributed by atoms with Gasteiger partial charge in [-0.15, -0.1) is 0 Å². The van der Waals surface area contributed by atoms with Crippen LogP contribution in [0.4, 0.5) is 5.95 Å². The molecule has 4 N–H and O–H groups in total. The molecule has 1 aromatic rings. The van der Waals surface area contributed by atoms with Crippen LogP contribution in [0.1, 0.15) is 12.8 Å². The number of nitrogens with one attached hydrogen (secondary N) is 2. The SMILES string of the molecule is NC(=O)C1(Nc2ncc(Br)cn2)CCCNC1. The van der Waals surface area contributed by atoms with Gasteiger partial charge in [-0.1, -0.05) is 0 Å². The number of piperidine rings is 1. The second-order valence-electron chi connectivity index (χ2n) is 4.08. The molecular weight excluding hydrogens is 286 g/mol. The summed E-state index contributed by atoms with van der Waals surface area (Å²) in [6.45, 7) is 1.40. The molecule has 0 radical (unpaired) electrons. The van der Waals surface area contributed by atoms with Crippen LogP contribution in [0, 0.1) is 0 Å². The lowest BCUT2D eigenvalue weighted by Gasteiger charge is -2.35. The fourth-order valence-electron chi connectivity index (χ4n) is 1.87. The first-order valence-electron chi connectivity index (χ1n) is 5.39. The Labute approximate surface area is 108 Å². The van der Waals surface area contributed by atoms with Gasteiger partial charge < -0.3 is 16.4 Å². The van der Waals surface area contributed by atoms with Gasteiger partial charge in [-0.2, -0.15) is 0 Å². The molecule has 0 aliphatic carbocycles. The van der Waals surface area contributed by atoms with Crippen LogP contribution in [0.15, 0.2) is 16.9 Å². The van der Waals surface area contributed by atoms with Gasteiger partial charge in [0.1, 0.15) is 5.54 Å². The summed E-state index contributed by atoms with van der Waals surface area (Å²) in [4.78, 5) is 19.8. The number of nitrogens with zero attached hydrogens (tertiary/aromatic N) is 2. The monoisotopic (exact) mass is 299 g/mol. The molecule has 92 valence electrons. The molecular formula is C10H14BrN5O. The summed E-state index contributed by atoms with van der Waals surface area (Å²) in [7, 11) is 0. The number of amides is 1. The zero-order valence-electron chi connectivity index (χ0n) is 9.24. The van der Waals surface area contributed by atoms with E-state index in [0.29, 0.717) is 18.9 Å². The summed E-state index contributed by atoms with van der Waals surface area (Å²) in [6, 6.07) is 0. The third-order valence-corrected chi connectivity index (χ3v) is 3.24. The number of anilines is 1. The number of hydrogen-bond acceptors (Lipinski definition) is 5. The first-order valence-corrected chi connectivity index (χ1v) is 6.18. The lowest BCUT2D eigenvalue weighted by Crippen LogP contribution is -2.59. The second kappa shape index (κ2) is 4.97. The molecule has 0 spiro atoms. The Hall–Kier alpha value is -1.21. The van der Waals surface area contributed by atoms with Crippen molar-refractivity contribution in [3.05, 3.63) is 16.9 Å². The number of hydrogen-bond donors (Lipinski definition) is 3. The first kappa shape index (κ1) is 12.3. The third kappa shape index (κ3) is 2.73. The van der Waals surface area contributed by atoms with E-state index in [0.717, 1.165) is 17.4 Å². The smallest absolute Gasteiger partial charge is 0.244 e. The molecule has 2 rings (SSSR count). The normalized spacial score (nSPS) is 24.3. The lowest BCUT2D eigenvalue weighted by molar-refractivity contribution is -0.122. The number of nitrogens with two attached hydrogens (primary N) is 1. The van der Waals surface area contributed by atoms with E-state index < -0.39 is 5.54 Å². The van der Waals surface area contributed by atoms with Crippen LogP contribution in [0.25, 0.3) is 0 Å². The Kier molecular flexibility index (Phi) is 3.58. The van der Waals surface area contributed by atoms with Gasteiger partial charge >= 0.3 is 0 Å². The molecule has 1 unspecified atom stereocenters. The molecule has 17 heavy (non-hydrogen) atoms. The van der Waals surface area contributed by atoms with Gasteiger partial charge in [0.05, 0.1) is 4.47 Å².